The van der Waals surface area contributed by atoms with Gasteiger partial charge in [-0.2, -0.15) is 0 Å². The second-order valence-electron chi connectivity index (χ2n) is 6.80. The van der Waals surface area contributed by atoms with E-state index in [0.717, 1.165) is 33.6 Å². The topological polar surface area (TPSA) is 30.2 Å². The Kier molecular flexibility index (Phi) is 4.95. The highest BCUT2D eigenvalue weighted by molar-refractivity contribution is 6.31. The molecular formula is C24H14Cl3N3. The number of hydrogen-bond donors (Lipinski definition) is 0. The maximum Gasteiger partial charge on any atom is 0.234 e. The van der Waals surface area contributed by atoms with Crippen molar-refractivity contribution in [1.29, 1.82) is 0 Å². The lowest BCUT2D eigenvalue weighted by Gasteiger charge is -2.17. The number of halogens is 3. The number of benzene rings is 3. The fraction of sp³-hybridized carbons (Fsp3) is 0. The van der Waals surface area contributed by atoms with Crippen molar-refractivity contribution >= 4 is 40.6 Å². The molecule has 0 unspecified atom stereocenters. The van der Waals surface area contributed by atoms with Crippen molar-refractivity contribution in [3.63, 3.8) is 0 Å². The molecule has 0 bridgehead atoms. The highest BCUT2D eigenvalue weighted by atomic mass is 35.5. The first-order valence-electron chi connectivity index (χ1n) is 9.25. The highest BCUT2D eigenvalue weighted by Crippen LogP contribution is 2.40. The van der Waals surface area contributed by atoms with Crippen LogP contribution in [0.3, 0.4) is 0 Å². The zero-order valence-electron chi connectivity index (χ0n) is 15.6. The third-order valence-corrected chi connectivity index (χ3v) is 5.67. The second-order valence-corrected chi connectivity index (χ2v) is 8.11. The second kappa shape index (κ2) is 7.77. The first-order valence-corrected chi connectivity index (χ1v) is 10.4. The molecule has 0 radical (unpaired) electrons. The van der Waals surface area contributed by atoms with E-state index in [1.165, 1.54) is 0 Å². The molecule has 3 aromatic carbocycles. The molecule has 5 aromatic rings. The Hall–Kier alpha value is -2.85. The minimum atomic E-state index is 0.614. The molecule has 30 heavy (non-hydrogen) atoms. The lowest BCUT2D eigenvalue weighted by atomic mass is 9.94. The van der Waals surface area contributed by atoms with Gasteiger partial charge in [0.15, 0.2) is 0 Å². The van der Waals surface area contributed by atoms with Gasteiger partial charge in [0.2, 0.25) is 5.78 Å². The number of rotatable bonds is 3. The quantitative estimate of drug-likeness (QED) is 0.282. The average Bonchev–Trinajstić information content (AvgIpc) is 3.23. The Morgan fingerprint density at radius 3 is 1.67 bits per heavy atom. The van der Waals surface area contributed by atoms with Gasteiger partial charge >= 0.3 is 0 Å². The molecule has 3 nitrogen and oxygen atoms in total. The minimum absolute atomic E-state index is 0.614. The number of imidazole rings is 1. The van der Waals surface area contributed by atoms with Crippen molar-refractivity contribution in [2.45, 2.75) is 0 Å². The van der Waals surface area contributed by atoms with Crippen molar-refractivity contribution in [1.82, 2.24) is 14.4 Å². The summed E-state index contributed by atoms with van der Waals surface area (Å²) in [6.07, 6.45) is 3.66. The Morgan fingerprint density at radius 2 is 1.10 bits per heavy atom. The zero-order chi connectivity index (χ0) is 20.7. The molecule has 6 heteroatoms. The Balaban J connectivity index is 1.91. The summed E-state index contributed by atoms with van der Waals surface area (Å²) in [5.41, 5.74) is 5.72. The highest BCUT2D eigenvalue weighted by Gasteiger charge is 2.20. The van der Waals surface area contributed by atoms with Gasteiger partial charge in [0, 0.05) is 38.6 Å². The molecule has 0 aliphatic carbocycles. The Bertz CT molecular complexity index is 1340. The van der Waals surface area contributed by atoms with Crippen LogP contribution in [0.5, 0.6) is 0 Å². The minimum Gasteiger partial charge on any atom is -0.283 e. The summed E-state index contributed by atoms with van der Waals surface area (Å²) in [6.45, 7) is 0. The van der Waals surface area contributed by atoms with Gasteiger partial charge in [-0.05, 0) is 47.5 Å². The van der Waals surface area contributed by atoms with Crippen LogP contribution in [0, 0.1) is 0 Å². The zero-order valence-corrected chi connectivity index (χ0v) is 17.8. The smallest absolute Gasteiger partial charge is 0.234 e. The molecule has 2 aromatic heterocycles. The molecule has 0 atom stereocenters. The van der Waals surface area contributed by atoms with E-state index < -0.39 is 0 Å². The van der Waals surface area contributed by atoms with Gasteiger partial charge in [0.1, 0.15) is 0 Å². The molecular weight excluding hydrogens is 437 g/mol. The first-order chi connectivity index (χ1) is 14.6. The lowest BCUT2D eigenvalue weighted by molar-refractivity contribution is 1.12. The van der Waals surface area contributed by atoms with Crippen LogP contribution in [-0.2, 0) is 0 Å². The van der Waals surface area contributed by atoms with Gasteiger partial charge < -0.3 is 0 Å². The molecule has 5 rings (SSSR count). The van der Waals surface area contributed by atoms with Crippen molar-refractivity contribution in [3.05, 3.63) is 100 Å². The van der Waals surface area contributed by atoms with Crippen molar-refractivity contribution in [2.75, 3.05) is 0 Å². The van der Waals surface area contributed by atoms with Crippen LogP contribution in [0.2, 0.25) is 15.1 Å². The molecule has 146 valence electrons. The number of hydrogen-bond acceptors (Lipinski definition) is 2. The van der Waals surface area contributed by atoms with Crippen LogP contribution < -0.4 is 0 Å². The van der Waals surface area contributed by atoms with E-state index in [1.807, 2.05) is 83.4 Å². The predicted molar refractivity (Wildman–Crippen MR) is 124 cm³/mol. The fourth-order valence-electron chi connectivity index (χ4n) is 3.54. The summed E-state index contributed by atoms with van der Waals surface area (Å²) in [4.78, 5) is 9.34. The molecule has 0 saturated heterocycles. The third kappa shape index (κ3) is 3.46. The van der Waals surface area contributed by atoms with Crippen molar-refractivity contribution < 1.29 is 0 Å². The van der Waals surface area contributed by atoms with Crippen molar-refractivity contribution in [3.8, 4) is 33.6 Å². The Morgan fingerprint density at radius 1 is 0.600 bits per heavy atom. The molecule has 0 saturated carbocycles. The SMILES string of the molecule is Clc1ccc(-c2nc3nccn3c(-c3ccc(Cl)cc3)c2-c2ccc(Cl)cc2)cc1. The van der Waals surface area contributed by atoms with E-state index >= 15 is 0 Å². The molecule has 0 fully saturated rings. The molecule has 0 N–H and O–H groups in total. The summed E-state index contributed by atoms with van der Waals surface area (Å²) in [7, 11) is 0. The third-order valence-electron chi connectivity index (χ3n) is 4.92. The van der Waals surface area contributed by atoms with Gasteiger partial charge in [-0.15, -0.1) is 0 Å². The maximum atomic E-state index is 6.16. The molecule has 2 heterocycles. The van der Waals surface area contributed by atoms with E-state index in [2.05, 4.69) is 4.98 Å². The summed E-state index contributed by atoms with van der Waals surface area (Å²) >= 11 is 18.4. The van der Waals surface area contributed by atoms with Crippen LogP contribution in [-0.4, -0.2) is 14.4 Å². The van der Waals surface area contributed by atoms with Crippen LogP contribution in [0.1, 0.15) is 0 Å². The Labute approximate surface area is 188 Å². The van der Waals surface area contributed by atoms with E-state index in [9.17, 15) is 0 Å². The molecule has 0 amide bonds. The average molecular weight is 451 g/mol. The normalized spacial score (nSPS) is 11.2. The summed E-state index contributed by atoms with van der Waals surface area (Å²) in [5, 5.41) is 2.03. The van der Waals surface area contributed by atoms with Gasteiger partial charge in [0.05, 0.1) is 11.4 Å². The van der Waals surface area contributed by atoms with Gasteiger partial charge in [0.25, 0.3) is 0 Å². The lowest BCUT2D eigenvalue weighted by Crippen LogP contribution is -2.02. The van der Waals surface area contributed by atoms with Crippen LogP contribution in [0.25, 0.3) is 39.4 Å². The fourth-order valence-corrected chi connectivity index (χ4v) is 3.92. The van der Waals surface area contributed by atoms with Crippen LogP contribution in [0.15, 0.2) is 85.2 Å². The first kappa shape index (κ1) is 19.1. The number of aromatic nitrogens is 3. The summed E-state index contributed by atoms with van der Waals surface area (Å²) < 4.78 is 1.99. The summed E-state index contributed by atoms with van der Waals surface area (Å²) in [5.74, 6) is 0.614. The van der Waals surface area contributed by atoms with Gasteiger partial charge in [-0.1, -0.05) is 71.2 Å². The number of nitrogens with zero attached hydrogens (tertiary/aromatic N) is 3. The summed E-state index contributed by atoms with van der Waals surface area (Å²) in [6, 6.07) is 23.2. The largest absolute Gasteiger partial charge is 0.283 e. The molecule has 0 aliphatic heterocycles. The number of fused-ring (bicyclic) bond motifs is 1. The van der Waals surface area contributed by atoms with Crippen molar-refractivity contribution in [2.24, 2.45) is 0 Å². The maximum absolute atomic E-state index is 6.16. The standard InChI is InChI=1S/C24H14Cl3N3/c25-18-7-1-15(2-8-18)21-22(16-3-9-19(26)10-4-16)29-24-28-13-14-30(24)23(21)17-5-11-20(27)12-6-17/h1-14H. The van der Waals surface area contributed by atoms with E-state index in [0.29, 0.717) is 20.8 Å². The van der Waals surface area contributed by atoms with E-state index in [1.54, 1.807) is 6.20 Å². The van der Waals surface area contributed by atoms with Crippen LogP contribution >= 0.6 is 34.8 Å². The molecule has 0 spiro atoms. The predicted octanol–water partition coefficient (Wildman–Crippen LogP) is 7.69. The molecule has 0 aliphatic rings. The van der Waals surface area contributed by atoms with Gasteiger partial charge in [-0.25, -0.2) is 9.97 Å². The monoisotopic (exact) mass is 449 g/mol. The van der Waals surface area contributed by atoms with Gasteiger partial charge in [-0.3, -0.25) is 4.40 Å². The van der Waals surface area contributed by atoms with E-state index in [4.69, 9.17) is 39.8 Å². The van der Waals surface area contributed by atoms with Crippen LogP contribution in [0.4, 0.5) is 0 Å². The van der Waals surface area contributed by atoms with E-state index in [-0.39, 0.29) is 0 Å².